The van der Waals surface area contributed by atoms with Gasteiger partial charge in [-0.3, -0.25) is 14.4 Å². The second-order valence-electron chi connectivity index (χ2n) is 14.3. The number of rotatable bonds is 10. The number of carbonyl (C=O) groups is 3. The average molecular weight is 603 g/mol. The third-order valence-corrected chi connectivity index (χ3v) is 10.0. The molecule has 44 heavy (non-hydrogen) atoms. The average Bonchev–Trinajstić information content (AvgIpc) is 2.91. The normalized spacial score (nSPS) is 26.0. The molecule has 6 nitrogen and oxygen atoms in total. The molecule has 1 aromatic rings. The quantitative estimate of drug-likeness (QED) is 0.0616. The van der Waals surface area contributed by atoms with Crippen molar-refractivity contribution in [2.45, 2.75) is 94.4 Å². The number of aliphatic hydroxyl groups is 1. The molecule has 2 saturated carbocycles. The highest BCUT2D eigenvalue weighted by Crippen LogP contribution is 2.66. The summed E-state index contributed by atoms with van der Waals surface area (Å²) in [5.41, 5.74) is -0.453. The zero-order valence-corrected chi connectivity index (χ0v) is 27.9. The highest BCUT2D eigenvalue weighted by atomic mass is 16.3. The van der Waals surface area contributed by atoms with Crippen molar-refractivity contribution in [1.82, 2.24) is 0 Å². The predicted octanol–water partition coefficient (Wildman–Crippen LogP) is 8.76. The molecule has 3 N–H and O–H groups in total. The van der Waals surface area contributed by atoms with Gasteiger partial charge in [0.15, 0.2) is 28.8 Å². The van der Waals surface area contributed by atoms with Gasteiger partial charge in [0.25, 0.3) is 0 Å². The van der Waals surface area contributed by atoms with Crippen molar-refractivity contribution in [2.24, 2.45) is 28.1 Å². The number of ketones is 3. The molecule has 0 radical (unpaired) electrons. The first-order valence-electron chi connectivity index (χ1n) is 15.5. The number of phenols is 2. The molecule has 0 aromatic heterocycles. The molecule has 0 saturated heterocycles. The van der Waals surface area contributed by atoms with Gasteiger partial charge in [-0.1, -0.05) is 60.9 Å². The van der Waals surface area contributed by atoms with E-state index >= 15 is 4.79 Å². The number of hydrogen-bond donors (Lipinski definition) is 3. The number of aliphatic hydroxyl groups excluding tert-OH is 1. The minimum Gasteiger partial charge on any atom is -0.506 e. The summed E-state index contributed by atoms with van der Waals surface area (Å²) in [7, 11) is 0. The molecular formula is C38H50O6. The van der Waals surface area contributed by atoms with Gasteiger partial charge in [-0.25, -0.2) is 0 Å². The highest BCUT2D eigenvalue weighted by Gasteiger charge is 2.74. The smallest absolute Gasteiger partial charge is 0.184 e. The van der Waals surface area contributed by atoms with Crippen molar-refractivity contribution in [2.75, 3.05) is 0 Å². The maximum atomic E-state index is 15.2. The maximum absolute atomic E-state index is 15.2. The van der Waals surface area contributed by atoms with E-state index in [4.69, 9.17) is 0 Å². The zero-order valence-electron chi connectivity index (χ0n) is 27.9. The van der Waals surface area contributed by atoms with Crippen LogP contribution in [-0.2, 0) is 14.4 Å². The Morgan fingerprint density at radius 1 is 0.909 bits per heavy atom. The van der Waals surface area contributed by atoms with Crippen LogP contribution in [0.2, 0.25) is 0 Å². The lowest BCUT2D eigenvalue weighted by molar-refractivity contribution is -0.177. The van der Waals surface area contributed by atoms with Crippen LogP contribution in [0.1, 0.15) is 100.0 Å². The number of carbonyl (C=O) groups excluding carboxylic acids is 3. The molecule has 2 fully saturated rings. The van der Waals surface area contributed by atoms with Crippen LogP contribution in [0, 0.1) is 28.1 Å². The fourth-order valence-electron chi connectivity index (χ4n) is 7.08. The van der Waals surface area contributed by atoms with Crippen molar-refractivity contribution in [3.8, 4) is 11.5 Å². The molecule has 0 spiro atoms. The number of Topliss-reactive ketones (excluding diaryl/α,β-unsaturated/α-hetero) is 3. The number of fused-ring (bicyclic) bond motifs is 2. The first-order valence-corrected chi connectivity index (χ1v) is 15.5. The molecule has 2 aliphatic rings. The Morgan fingerprint density at radius 3 is 2.02 bits per heavy atom. The lowest BCUT2D eigenvalue weighted by atomic mass is 9.38. The van der Waals surface area contributed by atoms with Crippen LogP contribution >= 0.6 is 0 Å². The van der Waals surface area contributed by atoms with Gasteiger partial charge in [-0.05, 0) is 116 Å². The van der Waals surface area contributed by atoms with Crippen molar-refractivity contribution < 1.29 is 29.7 Å². The predicted molar refractivity (Wildman–Crippen MR) is 176 cm³/mol. The minimum absolute atomic E-state index is 0.0110. The van der Waals surface area contributed by atoms with Crippen LogP contribution in [0.4, 0.5) is 0 Å². The van der Waals surface area contributed by atoms with E-state index in [1.165, 1.54) is 12.1 Å². The Balaban J connectivity index is 2.47. The maximum Gasteiger partial charge on any atom is 0.184 e. The summed E-state index contributed by atoms with van der Waals surface area (Å²) in [6.07, 6.45) is 7.79. The topological polar surface area (TPSA) is 112 Å². The van der Waals surface area contributed by atoms with E-state index < -0.39 is 50.6 Å². The molecule has 2 aliphatic carbocycles. The summed E-state index contributed by atoms with van der Waals surface area (Å²) in [6, 6.07) is 3.65. The lowest BCUT2D eigenvalue weighted by Crippen LogP contribution is -2.69. The van der Waals surface area contributed by atoms with Crippen LogP contribution in [0.15, 0.2) is 70.9 Å². The summed E-state index contributed by atoms with van der Waals surface area (Å²) in [5.74, 6) is -3.61. The van der Waals surface area contributed by atoms with Gasteiger partial charge in [-0.15, -0.1) is 0 Å². The Hall–Kier alpha value is -3.67. The van der Waals surface area contributed by atoms with E-state index in [1.807, 2.05) is 68.4 Å². The van der Waals surface area contributed by atoms with Gasteiger partial charge < -0.3 is 15.3 Å². The standard InChI is InChI=1S/C38H50O6/c1-22(2)11-13-27(25(7)8)20-37-21-28(15-12-23(3)4)36(9,10)38(35(37)44,18-17-24(5)6)34(43)31(33(37)42)32(41)26-14-16-29(39)30(40)19-26/h11-12,14,16-17,19,27-28,39-41H,7,13,15,18,20-21H2,1-6,8-10H3/t27?,28-,37-,38+/m1/s1. The van der Waals surface area contributed by atoms with E-state index in [0.717, 1.165) is 28.4 Å². The number of benzene rings is 1. The van der Waals surface area contributed by atoms with Crippen molar-refractivity contribution in [3.63, 3.8) is 0 Å². The molecule has 6 heteroatoms. The summed E-state index contributed by atoms with van der Waals surface area (Å²) >= 11 is 0. The fourth-order valence-corrected chi connectivity index (χ4v) is 7.08. The SMILES string of the molecule is C=C(C)C(CC=C(C)C)C[C@@]12C[C@@H](CC=C(C)C)C(C)(C)[C@@](CC=C(C)C)(C(=O)C(=C(O)c3ccc(O)c(O)c3)C1=O)C2=O. The third-order valence-electron chi connectivity index (χ3n) is 10.0. The first kappa shape index (κ1) is 34.8. The van der Waals surface area contributed by atoms with E-state index in [2.05, 4.69) is 18.7 Å². The van der Waals surface area contributed by atoms with Gasteiger partial charge in [-0.2, -0.15) is 0 Å². The summed E-state index contributed by atoms with van der Waals surface area (Å²) < 4.78 is 0. The molecule has 3 rings (SSSR count). The molecule has 1 unspecified atom stereocenters. The second kappa shape index (κ2) is 12.7. The van der Waals surface area contributed by atoms with Gasteiger partial charge >= 0.3 is 0 Å². The highest BCUT2D eigenvalue weighted by molar-refractivity contribution is 6.41. The third kappa shape index (κ3) is 6.00. The van der Waals surface area contributed by atoms with Crippen molar-refractivity contribution in [3.05, 3.63) is 76.4 Å². The first-order chi connectivity index (χ1) is 20.3. The number of hydrogen-bond acceptors (Lipinski definition) is 6. The van der Waals surface area contributed by atoms with Gasteiger partial charge in [0.2, 0.25) is 0 Å². The number of allylic oxidation sites excluding steroid dienone is 8. The van der Waals surface area contributed by atoms with Gasteiger partial charge in [0, 0.05) is 5.56 Å². The van der Waals surface area contributed by atoms with E-state index in [1.54, 1.807) is 0 Å². The largest absolute Gasteiger partial charge is 0.506 e. The molecule has 1 aromatic carbocycles. The molecule has 2 bridgehead atoms. The van der Waals surface area contributed by atoms with E-state index in [-0.39, 0.29) is 42.4 Å². The minimum atomic E-state index is -1.62. The van der Waals surface area contributed by atoms with Crippen LogP contribution < -0.4 is 0 Å². The van der Waals surface area contributed by atoms with Crippen molar-refractivity contribution in [1.29, 1.82) is 0 Å². The van der Waals surface area contributed by atoms with Crippen LogP contribution in [-0.4, -0.2) is 32.7 Å². The van der Waals surface area contributed by atoms with E-state index in [9.17, 15) is 24.9 Å². The summed E-state index contributed by atoms with van der Waals surface area (Å²) in [6.45, 7) is 21.9. The van der Waals surface area contributed by atoms with Gasteiger partial charge in [0.1, 0.15) is 16.7 Å². The van der Waals surface area contributed by atoms with Crippen LogP contribution in [0.5, 0.6) is 11.5 Å². The monoisotopic (exact) mass is 602 g/mol. The zero-order chi connectivity index (χ0) is 33.4. The molecule has 238 valence electrons. The summed E-state index contributed by atoms with van der Waals surface area (Å²) in [5, 5.41) is 31.7. The molecule has 4 atom stereocenters. The van der Waals surface area contributed by atoms with Crippen molar-refractivity contribution >= 4 is 23.1 Å². The van der Waals surface area contributed by atoms with Gasteiger partial charge in [0.05, 0.1) is 5.41 Å². The number of aromatic hydroxyl groups is 2. The number of phenolic OH excluding ortho intramolecular Hbond substituents is 2. The molecule has 0 aliphatic heterocycles. The van der Waals surface area contributed by atoms with E-state index in [0.29, 0.717) is 12.8 Å². The lowest BCUT2D eigenvalue weighted by Gasteiger charge is -2.60. The summed E-state index contributed by atoms with van der Waals surface area (Å²) in [4.78, 5) is 44.9. The molecule has 0 heterocycles. The Labute approximate surface area is 263 Å². The Morgan fingerprint density at radius 2 is 1.50 bits per heavy atom. The second-order valence-corrected chi connectivity index (χ2v) is 14.3. The Kier molecular flexibility index (Phi) is 10.1. The molecule has 0 amide bonds. The fraction of sp³-hybridized carbons (Fsp3) is 0.500. The molecular weight excluding hydrogens is 552 g/mol. The van der Waals surface area contributed by atoms with Crippen LogP contribution in [0.25, 0.3) is 5.76 Å². The Bertz CT molecular complexity index is 1490. The van der Waals surface area contributed by atoms with Crippen LogP contribution in [0.3, 0.4) is 0 Å².